The maximum atomic E-state index is 12.8. The summed E-state index contributed by atoms with van der Waals surface area (Å²) in [4.78, 5) is 18.9. The summed E-state index contributed by atoms with van der Waals surface area (Å²) in [5.74, 6) is -0.128. The molecule has 2 aromatic rings. The third-order valence-electron chi connectivity index (χ3n) is 4.35. The van der Waals surface area contributed by atoms with Gasteiger partial charge in [-0.3, -0.25) is 9.48 Å². The molecule has 136 valence electrons. The van der Waals surface area contributed by atoms with Crippen LogP contribution in [0, 0.1) is 0 Å². The molecule has 0 N–H and O–H groups in total. The highest BCUT2D eigenvalue weighted by Crippen LogP contribution is 2.27. The third-order valence-corrected chi connectivity index (χ3v) is 7.02. The first-order chi connectivity index (χ1) is 11.9. The van der Waals surface area contributed by atoms with Crippen LogP contribution in [-0.2, 0) is 34.0 Å². The highest BCUT2D eigenvalue weighted by atomic mass is 32.2. The van der Waals surface area contributed by atoms with Crippen molar-refractivity contribution in [1.29, 1.82) is 0 Å². The summed E-state index contributed by atoms with van der Waals surface area (Å²) in [6, 6.07) is -0.476. The number of amides is 1. The minimum atomic E-state index is -3.16. The van der Waals surface area contributed by atoms with Gasteiger partial charge >= 0.3 is 0 Å². The number of aryl methyl sites for hydroxylation is 2. The monoisotopic (exact) mass is 382 g/mol. The van der Waals surface area contributed by atoms with E-state index in [2.05, 4.69) is 10.1 Å². The molecule has 0 aromatic carbocycles. The second-order valence-electron chi connectivity index (χ2n) is 6.11. The van der Waals surface area contributed by atoms with Crippen LogP contribution >= 0.6 is 11.3 Å². The van der Waals surface area contributed by atoms with Gasteiger partial charge in [-0.15, -0.1) is 11.3 Å². The minimum Gasteiger partial charge on any atom is -0.333 e. The van der Waals surface area contributed by atoms with Crippen LogP contribution in [0.2, 0.25) is 0 Å². The fraction of sp³-hybridized carbons (Fsp3) is 0.562. The Balaban J connectivity index is 1.82. The number of sulfone groups is 1. The maximum Gasteiger partial charge on any atom is 0.229 e. The van der Waals surface area contributed by atoms with Crippen molar-refractivity contribution in [2.45, 2.75) is 39.3 Å². The lowest BCUT2D eigenvalue weighted by Crippen LogP contribution is -2.46. The molecule has 1 atom stereocenters. The van der Waals surface area contributed by atoms with Crippen molar-refractivity contribution in [2.24, 2.45) is 0 Å². The Morgan fingerprint density at radius 1 is 1.40 bits per heavy atom. The lowest BCUT2D eigenvalue weighted by atomic mass is 10.1. The lowest BCUT2D eigenvalue weighted by molar-refractivity contribution is -0.132. The zero-order valence-corrected chi connectivity index (χ0v) is 16.0. The Hall–Kier alpha value is -1.74. The van der Waals surface area contributed by atoms with Crippen LogP contribution in [0.1, 0.15) is 36.2 Å². The SMILES string of the molecule is CCc1nc(CC(=O)N2CCS(=O)(=O)C[C@H]2c2cnn(CC)c2)cs1. The summed E-state index contributed by atoms with van der Waals surface area (Å²) in [6.45, 7) is 4.91. The van der Waals surface area contributed by atoms with E-state index in [1.807, 2.05) is 25.4 Å². The summed E-state index contributed by atoms with van der Waals surface area (Å²) in [5.41, 5.74) is 1.52. The second-order valence-corrected chi connectivity index (χ2v) is 9.28. The summed E-state index contributed by atoms with van der Waals surface area (Å²) in [6.07, 6.45) is 4.53. The highest BCUT2D eigenvalue weighted by molar-refractivity contribution is 7.91. The zero-order chi connectivity index (χ0) is 18.0. The Morgan fingerprint density at radius 3 is 2.84 bits per heavy atom. The molecule has 1 amide bonds. The number of hydrogen-bond donors (Lipinski definition) is 0. The van der Waals surface area contributed by atoms with Gasteiger partial charge in [-0.2, -0.15) is 5.10 Å². The predicted octanol–water partition coefficient (Wildman–Crippen LogP) is 1.46. The molecule has 1 fully saturated rings. The van der Waals surface area contributed by atoms with E-state index in [-0.39, 0.29) is 30.4 Å². The zero-order valence-electron chi connectivity index (χ0n) is 14.4. The van der Waals surface area contributed by atoms with Crippen molar-refractivity contribution < 1.29 is 13.2 Å². The Kier molecular flexibility index (Phi) is 5.24. The number of thiazole rings is 1. The van der Waals surface area contributed by atoms with E-state index in [0.717, 1.165) is 22.7 Å². The molecule has 0 bridgehead atoms. The molecule has 1 aliphatic heterocycles. The standard InChI is InChI=1S/C16H22N4O3S2/c1-3-15-18-13(10-24-15)7-16(21)20-5-6-25(22,23)11-14(20)12-8-17-19(4-2)9-12/h8-10,14H,3-7,11H2,1-2H3/t14-/m0/s1. The molecule has 2 aromatic heterocycles. The van der Waals surface area contributed by atoms with Gasteiger partial charge in [0, 0.05) is 30.2 Å². The van der Waals surface area contributed by atoms with Crippen molar-refractivity contribution in [2.75, 3.05) is 18.1 Å². The van der Waals surface area contributed by atoms with E-state index in [1.165, 1.54) is 0 Å². The normalized spacial score (nSPS) is 19.9. The van der Waals surface area contributed by atoms with Gasteiger partial charge < -0.3 is 4.90 Å². The molecular weight excluding hydrogens is 360 g/mol. The van der Waals surface area contributed by atoms with Gasteiger partial charge in [-0.05, 0) is 13.3 Å². The summed E-state index contributed by atoms with van der Waals surface area (Å²) in [7, 11) is -3.16. The smallest absolute Gasteiger partial charge is 0.229 e. The number of hydrogen-bond acceptors (Lipinski definition) is 6. The third kappa shape index (κ3) is 4.09. The number of carbonyl (C=O) groups is 1. The van der Waals surface area contributed by atoms with E-state index >= 15 is 0 Å². The topological polar surface area (TPSA) is 85.2 Å². The van der Waals surface area contributed by atoms with Crippen LogP contribution in [0.25, 0.3) is 0 Å². The maximum absolute atomic E-state index is 12.8. The number of carbonyl (C=O) groups excluding carboxylic acids is 1. The molecule has 0 aliphatic carbocycles. The predicted molar refractivity (Wildman–Crippen MR) is 96.2 cm³/mol. The van der Waals surface area contributed by atoms with E-state index in [4.69, 9.17) is 0 Å². The highest BCUT2D eigenvalue weighted by Gasteiger charge is 2.35. The van der Waals surface area contributed by atoms with E-state index in [0.29, 0.717) is 6.54 Å². The fourth-order valence-corrected chi connectivity index (χ4v) is 5.20. The minimum absolute atomic E-state index is 0.00836. The largest absolute Gasteiger partial charge is 0.333 e. The molecule has 0 unspecified atom stereocenters. The molecule has 9 heteroatoms. The average molecular weight is 383 g/mol. The number of rotatable bonds is 5. The van der Waals surface area contributed by atoms with Crippen molar-refractivity contribution in [3.8, 4) is 0 Å². The van der Waals surface area contributed by atoms with Gasteiger partial charge in [0.05, 0.1) is 40.9 Å². The van der Waals surface area contributed by atoms with Crippen LogP contribution in [0.5, 0.6) is 0 Å². The fourth-order valence-electron chi connectivity index (χ4n) is 2.96. The van der Waals surface area contributed by atoms with E-state index in [1.54, 1.807) is 27.1 Å². The van der Waals surface area contributed by atoms with Crippen LogP contribution in [0.4, 0.5) is 0 Å². The summed E-state index contributed by atoms with van der Waals surface area (Å²) < 4.78 is 26.0. The van der Waals surface area contributed by atoms with Crippen LogP contribution in [0.15, 0.2) is 17.8 Å². The van der Waals surface area contributed by atoms with Crippen LogP contribution in [0.3, 0.4) is 0 Å². The Morgan fingerprint density at radius 2 is 2.20 bits per heavy atom. The summed E-state index contributed by atoms with van der Waals surface area (Å²) in [5, 5.41) is 7.13. The van der Waals surface area contributed by atoms with Crippen LogP contribution < -0.4 is 0 Å². The lowest BCUT2D eigenvalue weighted by Gasteiger charge is -2.35. The average Bonchev–Trinajstić information content (AvgIpc) is 3.22. The molecule has 3 rings (SSSR count). The second kappa shape index (κ2) is 7.25. The van der Waals surface area contributed by atoms with Gasteiger partial charge in [0.25, 0.3) is 0 Å². The first kappa shape index (κ1) is 18.1. The molecule has 0 saturated carbocycles. The van der Waals surface area contributed by atoms with Gasteiger partial charge in [-0.1, -0.05) is 6.92 Å². The molecular formula is C16H22N4O3S2. The van der Waals surface area contributed by atoms with Crippen molar-refractivity contribution in [3.05, 3.63) is 34.0 Å². The Bertz CT molecular complexity index is 856. The van der Waals surface area contributed by atoms with Gasteiger partial charge in [0.2, 0.25) is 5.91 Å². The van der Waals surface area contributed by atoms with E-state index < -0.39 is 15.9 Å². The van der Waals surface area contributed by atoms with Crippen LogP contribution in [-0.4, -0.2) is 52.0 Å². The summed E-state index contributed by atoms with van der Waals surface area (Å²) >= 11 is 1.55. The molecule has 3 heterocycles. The first-order valence-corrected chi connectivity index (χ1v) is 11.1. The molecule has 25 heavy (non-hydrogen) atoms. The van der Waals surface area contributed by atoms with E-state index in [9.17, 15) is 13.2 Å². The molecule has 1 aliphatic rings. The quantitative estimate of drug-likeness (QED) is 0.782. The number of nitrogens with zero attached hydrogens (tertiary/aromatic N) is 4. The number of aromatic nitrogens is 3. The van der Waals surface area contributed by atoms with Crippen molar-refractivity contribution in [3.63, 3.8) is 0 Å². The molecule has 7 nitrogen and oxygen atoms in total. The molecule has 0 radical (unpaired) electrons. The Labute approximate surface area is 151 Å². The van der Waals surface area contributed by atoms with Gasteiger partial charge in [-0.25, -0.2) is 13.4 Å². The van der Waals surface area contributed by atoms with Crippen molar-refractivity contribution >= 4 is 27.1 Å². The van der Waals surface area contributed by atoms with Crippen molar-refractivity contribution in [1.82, 2.24) is 19.7 Å². The molecule has 0 spiro atoms. The first-order valence-electron chi connectivity index (χ1n) is 8.37. The van der Waals surface area contributed by atoms with Gasteiger partial charge in [0.1, 0.15) is 0 Å². The molecule has 1 saturated heterocycles. The van der Waals surface area contributed by atoms with Gasteiger partial charge in [0.15, 0.2) is 9.84 Å².